The van der Waals surface area contributed by atoms with Gasteiger partial charge in [-0.1, -0.05) is 42.5 Å². The lowest BCUT2D eigenvalue weighted by Gasteiger charge is -2.23. The molecule has 4 rings (SSSR count). The molecular formula is C21H18N4O. The zero-order valence-electron chi connectivity index (χ0n) is 14.1. The van der Waals surface area contributed by atoms with Crippen LogP contribution in [0.4, 0.5) is 5.69 Å². The summed E-state index contributed by atoms with van der Waals surface area (Å²) in [5.74, 6) is -0.141. The number of anilines is 1. The SMILES string of the molecule is Nc1ccccc1C1CC(c2cccnc2)=NN1C(=O)c1ccccc1. The zero-order chi connectivity index (χ0) is 17.9. The molecule has 1 amide bonds. The number of carbonyl (C=O) groups is 1. The van der Waals surface area contributed by atoms with Gasteiger partial charge in [-0.2, -0.15) is 5.10 Å². The molecule has 1 aliphatic rings. The van der Waals surface area contributed by atoms with Crippen molar-refractivity contribution in [3.63, 3.8) is 0 Å². The van der Waals surface area contributed by atoms with Crippen molar-refractivity contribution in [2.75, 3.05) is 5.73 Å². The minimum absolute atomic E-state index is 0.141. The smallest absolute Gasteiger partial charge is 0.274 e. The Labute approximate surface area is 151 Å². The minimum atomic E-state index is -0.237. The summed E-state index contributed by atoms with van der Waals surface area (Å²) in [4.78, 5) is 17.2. The van der Waals surface area contributed by atoms with Gasteiger partial charge in [-0.3, -0.25) is 9.78 Å². The van der Waals surface area contributed by atoms with Crippen molar-refractivity contribution < 1.29 is 4.79 Å². The molecule has 0 saturated carbocycles. The quantitative estimate of drug-likeness (QED) is 0.739. The van der Waals surface area contributed by atoms with E-state index in [2.05, 4.69) is 10.1 Å². The maximum atomic E-state index is 13.1. The predicted octanol–water partition coefficient (Wildman–Crippen LogP) is 3.66. The van der Waals surface area contributed by atoms with E-state index in [0.29, 0.717) is 17.7 Å². The first kappa shape index (κ1) is 16.0. The molecule has 0 radical (unpaired) electrons. The van der Waals surface area contributed by atoms with Gasteiger partial charge >= 0.3 is 0 Å². The van der Waals surface area contributed by atoms with E-state index < -0.39 is 0 Å². The van der Waals surface area contributed by atoms with Crippen LogP contribution < -0.4 is 5.73 Å². The summed E-state index contributed by atoms with van der Waals surface area (Å²) in [6.45, 7) is 0. The van der Waals surface area contributed by atoms with Crippen LogP contribution in [0.25, 0.3) is 0 Å². The Morgan fingerprint density at radius 2 is 1.77 bits per heavy atom. The second-order valence-corrected chi connectivity index (χ2v) is 6.15. The third kappa shape index (κ3) is 2.95. The number of aromatic nitrogens is 1. The Balaban J connectivity index is 1.76. The maximum absolute atomic E-state index is 13.1. The summed E-state index contributed by atoms with van der Waals surface area (Å²) in [5, 5.41) is 6.18. The fourth-order valence-corrected chi connectivity index (χ4v) is 3.18. The van der Waals surface area contributed by atoms with Crippen molar-refractivity contribution >= 4 is 17.3 Å². The van der Waals surface area contributed by atoms with Gasteiger partial charge in [0.25, 0.3) is 5.91 Å². The van der Waals surface area contributed by atoms with Crippen LogP contribution in [0.3, 0.4) is 0 Å². The molecule has 5 nitrogen and oxygen atoms in total. The summed E-state index contributed by atoms with van der Waals surface area (Å²) in [5.41, 5.74) is 10.1. The fourth-order valence-electron chi connectivity index (χ4n) is 3.18. The number of rotatable bonds is 3. The first-order valence-corrected chi connectivity index (χ1v) is 8.45. The number of pyridine rings is 1. The van der Waals surface area contributed by atoms with E-state index in [4.69, 9.17) is 5.73 Å². The molecule has 0 spiro atoms. The highest BCUT2D eigenvalue weighted by molar-refractivity contribution is 6.05. The Kier molecular flexibility index (Phi) is 4.19. The Morgan fingerprint density at radius 1 is 1.00 bits per heavy atom. The number of nitrogen functional groups attached to an aromatic ring is 1. The van der Waals surface area contributed by atoms with E-state index in [1.165, 1.54) is 0 Å². The molecule has 0 fully saturated rings. The third-order valence-electron chi connectivity index (χ3n) is 4.49. The lowest BCUT2D eigenvalue weighted by Crippen LogP contribution is -2.27. The van der Waals surface area contributed by atoms with Crippen molar-refractivity contribution in [1.82, 2.24) is 9.99 Å². The van der Waals surface area contributed by atoms with Crippen LogP contribution in [0.15, 0.2) is 84.2 Å². The number of benzene rings is 2. The summed E-state index contributed by atoms with van der Waals surface area (Å²) in [7, 11) is 0. The molecule has 0 bridgehead atoms. The van der Waals surface area contributed by atoms with Gasteiger partial charge in [0.05, 0.1) is 11.8 Å². The number of para-hydroxylation sites is 1. The third-order valence-corrected chi connectivity index (χ3v) is 4.49. The molecule has 1 unspecified atom stereocenters. The van der Waals surface area contributed by atoms with Gasteiger partial charge < -0.3 is 5.73 Å². The summed E-state index contributed by atoms with van der Waals surface area (Å²) in [6.07, 6.45) is 4.08. The minimum Gasteiger partial charge on any atom is -0.398 e. The molecule has 1 aromatic heterocycles. The first-order chi connectivity index (χ1) is 12.7. The molecular weight excluding hydrogens is 324 g/mol. The van der Waals surface area contributed by atoms with Crippen molar-refractivity contribution in [2.24, 2.45) is 5.10 Å². The monoisotopic (exact) mass is 342 g/mol. The Morgan fingerprint density at radius 3 is 2.50 bits per heavy atom. The van der Waals surface area contributed by atoms with Gasteiger partial charge in [-0.05, 0) is 24.3 Å². The van der Waals surface area contributed by atoms with Crippen molar-refractivity contribution in [2.45, 2.75) is 12.5 Å². The molecule has 128 valence electrons. The van der Waals surface area contributed by atoms with E-state index in [-0.39, 0.29) is 11.9 Å². The van der Waals surface area contributed by atoms with E-state index >= 15 is 0 Å². The lowest BCUT2D eigenvalue weighted by molar-refractivity contribution is 0.0712. The highest BCUT2D eigenvalue weighted by Crippen LogP contribution is 2.36. The lowest BCUT2D eigenvalue weighted by atomic mass is 9.97. The molecule has 1 aliphatic heterocycles. The topological polar surface area (TPSA) is 71.6 Å². The van der Waals surface area contributed by atoms with Gasteiger partial charge in [0.2, 0.25) is 0 Å². The fraction of sp³-hybridized carbons (Fsp3) is 0.0952. The number of nitrogens with zero attached hydrogens (tertiary/aromatic N) is 3. The Hall–Kier alpha value is -3.47. The van der Waals surface area contributed by atoms with Gasteiger partial charge in [-0.25, -0.2) is 5.01 Å². The van der Waals surface area contributed by atoms with Gasteiger partial charge in [0, 0.05) is 41.2 Å². The van der Waals surface area contributed by atoms with E-state index in [1.54, 1.807) is 29.5 Å². The second kappa shape index (κ2) is 6.80. The molecule has 2 aromatic carbocycles. The molecule has 0 aliphatic carbocycles. The molecule has 2 N–H and O–H groups in total. The predicted molar refractivity (Wildman–Crippen MR) is 102 cm³/mol. The van der Waals surface area contributed by atoms with Crippen LogP contribution in [0.1, 0.15) is 33.9 Å². The zero-order valence-corrected chi connectivity index (χ0v) is 14.1. The van der Waals surface area contributed by atoms with Crippen molar-refractivity contribution in [3.05, 3.63) is 95.8 Å². The average molecular weight is 342 g/mol. The number of hydrogen-bond donors (Lipinski definition) is 1. The Bertz CT molecular complexity index is 954. The molecule has 26 heavy (non-hydrogen) atoms. The van der Waals surface area contributed by atoms with Crippen molar-refractivity contribution in [1.29, 1.82) is 0 Å². The molecule has 5 heteroatoms. The second-order valence-electron chi connectivity index (χ2n) is 6.15. The van der Waals surface area contributed by atoms with Crippen LogP contribution >= 0.6 is 0 Å². The highest BCUT2D eigenvalue weighted by Gasteiger charge is 2.34. The standard InChI is InChI=1S/C21H18N4O/c22-18-11-5-4-10-17(18)20-13-19(16-9-6-12-23-14-16)24-25(20)21(26)15-7-2-1-3-8-15/h1-12,14,20H,13,22H2. The summed E-state index contributed by atoms with van der Waals surface area (Å²) >= 11 is 0. The van der Waals surface area contributed by atoms with Crippen LogP contribution in [0, 0.1) is 0 Å². The van der Waals surface area contributed by atoms with E-state index in [1.807, 2.05) is 54.6 Å². The summed E-state index contributed by atoms with van der Waals surface area (Å²) in [6, 6.07) is 20.4. The number of carbonyl (C=O) groups excluding carboxylic acids is 1. The van der Waals surface area contributed by atoms with E-state index in [0.717, 1.165) is 16.8 Å². The first-order valence-electron chi connectivity index (χ1n) is 8.45. The highest BCUT2D eigenvalue weighted by atomic mass is 16.2. The van der Waals surface area contributed by atoms with Gasteiger partial charge in [-0.15, -0.1) is 0 Å². The summed E-state index contributed by atoms with van der Waals surface area (Å²) < 4.78 is 0. The molecule has 0 saturated heterocycles. The average Bonchev–Trinajstić information content (AvgIpc) is 3.14. The van der Waals surface area contributed by atoms with Crippen LogP contribution in [-0.2, 0) is 0 Å². The number of amides is 1. The van der Waals surface area contributed by atoms with Gasteiger partial charge in [0.1, 0.15) is 0 Å². The molecule has 1 atom stereocenters. The van der Waals surface area contributed by atoms with Crippen LogP contribution in [0.2, 0.25) is 0 Å². The largest absolute Gasteiger partial charge is 0.398 e. The normalized spacial score (nSPS) is 16.4. The number of nitrogens with two attached hydrogens (primary N) is 1. The molecule has 2 heterocycles. The van der Waals surface area contributed by atoms with Gasteiger partial charge in [0.15, 0.2) is 0 Å². The van der Waals surface area contributed by atoms with E-state index in [9.17, 15) is 4.79 Å². The maximum Gasteiger partial charge on any atom is 0.274 e. The van der Waals surface area contributed by atoms with Crippen molar-refractivity contribution in [3.8, 4) is 0 Å². The van der Waals surface area contributed by atoms with Crippen LogP contribution in [0.5, 0.6) is 0 Å². The number of hydrazone groups is 1. The molecule has 3 aromatic rings. The van der Waals surface area contributed by atoms with Crippen LogP contribution in [-0.4, -0.2) is 21.6 Å². The number of hydrogen-bond acceptors (Lipinski definition) is 4.